The van der Waals surface area contributed by atoms with Crippen LogP contribution in [0, 0.1) is 0 Å². The van der Waals surface area contributed by atoms with E-state index in [1.54, 1.807) is 0 Å². The average Bonchev–Trinajstić information content (AvgIpc) is 2.91. The molecule has 74 valence electrons. The number of carbonyl (C=O) groups is 1. The van der Waals surface area contributed by atoms with E-state index in [2.05, 4.69) is 4.98 Å². The lowest BCUT2D eigenvalue weighted by atomic mass is 10.1. The molecule has 5 heteroatoms. The fourth-order valence-corrected chi connectivity index (χ4v) is 1.46. The molecule has 1 heterocycles. The van der Waals surface area contributed by atoms with Crippen molar-refractivity contribution in [1.82, 2.24) is 4.98 Å². The summed E-state index contributed by atoms with van der Waals surface area (Å²) in [7, 11) is 0. The maximum atomic E-state index is 11.1. The molecule has 0 bridgehead atoms. The Hall–Kier alpha value is -1.78. The van der Waals surface area contributed by atoms with Crippen LogP contribution in [0.5, 0.6) is 0 Å². The van der Waals surface area contributed by atoms with Crippen LogP contribution in [0.15, 0.2) is 10.9 Å². The van der Waals surface area contributed by atoms with Crippen LogP contribution < -0.4 is 11.3 Å². The summed E-state index contributed by atoms with van der Waals surface area (Å²) in [5.41, 5.74) is 5.59. The number of hydrogen-bond donors (Lipinski definition) is 3. The van der Waals surface area contributed by atoms with Gasteiger partial charge in [-0.15, -0.1) is 0 Å². The van der Waals surface area contributed by atoms with Gasteiger partial charge in [-0.05, 0) is 30.4 Å². The second kappa shape index (κ2) is 2.87. The Morgan fingerprint density at radius 2 is 2.21 bits per heavy atom. The molecular weight excluding hydrogens is 184 g/mol. The number of nitrogen functional groups attached to an aromatic ring is 1. The zero-order chi connectivity index (χ0) is 10.3. The van der Waals surface area contributed by atoms with Crippen LogP contribution in [-0.2, 0) is 0 Å². The van der Waals surface area contributed by atoms with Crippen LogP contribution in [0.2, 0.25) is 0 Å². The first-order valence-corrected chi connectivity index (χ1v) is 4.35. The number of carboxylic acid groups (broad SMARTS) is 1. The highest BCUT2D eigenvalue weighted by atomic mass is 16.4. The number of carboxylic acids is 1. The normalized spacial score (nSPS) is 15.4. The van der Waals surface area contributed by atoms with Gasteiger partial charge in [-0.3, -0.25) is 4.79 Å². The van der Waals surface area contributed by atoms with Gasteiger partial charge in [0.25, 0.3) is 5.56 Å². The molecule has 2 rings (SSSR count). The fourth-order valence-electron chi connectivity index (χ4n) is 1.46. The number of aromatic carboxylic acids is 1. The minimum absolute atomic E-state index is 0.0216. The molecule has 0 saturated heterocycles. The summed E-state index contributed by atoms with van der Waals surface area (Å²) in [6, 6.07) is 1.47. The van der Waals surface area contributed by atoms with Crippen molar-refractivity contribution in [2.75, 3.05) is 5.73 Å². The van der Waals surface area contributed by atoms with E-state index in [9.17, 15) is 9.59 Å². The van der Waals surface area contributed by atoms with E-state index in [4.69, 9.17) is 10.8 Å². The molecule has 0 radical (unpaired) electrons. The Labute approximate surface area is 79.6 Å². The molecule has 14 heavy (non-hydrogen) atoms. The highest BCUT2D eigenvalue weighted by Gasteiger charge is 2.29. The maximum Gasteiger partial charge on any atom is 0.352 e. The molecule has 0 atom stereocenters. The summed E-state index contributed by atoms with van der Waals surface area (Å²) >= 11 is 0. The summed E-state index contributed by atoms with van der Waals surface area (Å²) in [6.07, 6.45) is 1.93. The summed E-state index contributed by atoms with van der Waals surface area (Å²) in [6.45, 7) is 0. The lowest BCUT2D eigenvalue weighted by Gasteiger charge is -2.04. The Morgan fingerprint density at radius 1 is 1.57 bits per heavy atom. The minimum Gasteiger partial charge on any atom is -0.477 e. The second-order valence-corrected chi connectivity index (χ2v) is 3.46. The van der Waals surface area contributed by atoms with Gasteiger partial charge in [0.15, 0.2) is 0 Å². The highest BCUT2D eigenvalue weighted by molar-refractivity contribution is 5.87. The summed E-state index contributed by atoms with van der Waals surface area (Å²) in [5.74, 6) is -0.857. The van der Waals surface area contributed by atoms with E-state index in [1.165, 1.54) is 6.07 Å². The first-order chi connectivity index (χ1) is 6.59. The Kier molecular flexibility index (Phi) is 1.80. The smallest absolute Gasteiger partial charge is 0.352 e. The molecule has 1 aromatic heterocycles. The van der Waals surface area contributed by atoms with Crippen LogP contribution >= 0.6 is 0 Å². The molecular formula is C9H10N2O3. The number of H-pyrrole nitrogens is 1. The van der Waals surface area contributed by atoms with Crippen molar-refractivity contribution in [2.45, 2.75) is 18.8 Å². The molecule has 0 aliphatic heterocycles. The first kappa shape index (κ1) is 8.80. The number of rotatable bonds is 2. The first-order valence-electron chi connectivity index (χ1n) is 4.35. The molecule has 0 amide bonds. The van der Waals surface area contributed by atoms with Crippen molar-refractivity contribution in [3.63, 3.8) is 0 Å². The highest BCUT2D eigenvalue weighted by Crippen LogP contribution is 2.41. The van der Waals surface area contributed by atoms with Crippen LogP contribution in [0.3, 0.4) is 0 Å². The number of nitrogens with two attached hydrogens (primary N) is 1. The predicted octanol–water partition coefficient (Wildman–Crippen LogP) is 0.533. The van der Waals surface area contributed by atoms with Gasteiger partial charge in [0, 0.05) is 0 Å². The van der Waals surface area contributed by atoms with E-state index in [1.807, 2.05) is 0 Å². The largest absolute Gasteiger partial charge is 0.477 e. The van der Waals surface area contributed by atoms with E-state index < -0.39 is 11.5 Å². The number of nitrogens with one attached hydrogen (secondary N) is 1. The standard InChI is InChI=1S/C9H10N2O3/c10-6-3-5(4-1-2-4)7(9(13)14)11-8(6)12/h3-4H,1-2,10H2,(H,11,12)(H,13,14). The molecule has 1 saturated carbocycles. The molecule has 1 aromatic rings. The quantitative estimate of drug-likeness (QED) is 0.639. The number of pyridine rings is 1. The number of aromatic amines is 1. The van der Waals surface area contributed by atoms with E-state index in [0.717, 1.165) is 12.8 Å². The van der Waals surface area contributed by atoms with Gasteiger partial charge in [-0.2, -0.15) is 0 Å². The molecule has 1 aliphatic rings. The molecule has 1 fully saturated rings. The van der Waals surface area contributed by atoms with Crippen molar-refractivity contribution < 1.29 is 9.90 Å². The predicted molar refractivity (Wildman–Crippen MR) is 50.4 cm³/mol. The Balaban J connectivity index is 2.60. The van der Waals surface area contributed by atoms with Crippen LogP contribution in [0.4, 0.5) is 5.69 Å². The minimum atomic E-state index is -1.11. The van der Waals surface area contributed by atoms with Crippen LogP contribution in [0.1, 0.15) is 34.8 Å². The number of hydrogen-bond acceptors (Lipinski definition) is 3. The lowest BCUT2D eigenvalue weighted by Crippen LogP contribution is -2.18. The molecule has 0 spiro atoms. The Morgan fingerprint density at radius 3 is 2.71 bits per heavy atom. The summed E-state index contributed by atoms with van der Waals surface area (Å²) in [4.78, 5) is 24.2. The molecule has 0 aromatic carbocycles. The van der Waals surface area contributed by atoms with Crippen molar-refractivity contribution in [3.05, 3.63) is 27.7 Å². The fraction of sp³-hybridized carbons (Fsp3) is 0.333. The number of aromatic nitrogens is 1. The third-order valence-electron chi connectivity index (χ3n) is 2.33. The van der Waals surface area contributed by atoms with Crippen LogP contribution in [0.25, 0.3) is 0 Å². The van der Waals surface area contributed by atoms with Gasteiger partial charge in [0.05, 0.1) is 5.69 Å². The van der Waals surface area contributed by atoms with Crippen molar-refractivity contribution >= 4 is 11.7 Å². The number of anilines is 1. The van der Waals surface area contributed by atoms with E-state index >= 15 is 0 Å². The zero-order valence-electron chi connectivity index (χ0n) is 7.41. The molecule has 4 N–H and O–H groups in total. The van der Waals surface area contributed by atoms with E-state index in [0.29, 0.717) is 5.56 Å². The lowest BCUT2D eigenvalue weighted by molar-refractivity contribution is 0.0689. The Bertz CT molecular complexity index is 446. The SMILES string of the molecule is Nc1cc(C2CC2)c(C(=O)O)[nH]c1=O. The van der Waals surface area contributed by atoms with Gasteiger partial charge >= 0.3 is 5.97 Å². The van der Waals surface area contributed by atoms with Crippen molar-refractivity contribution in [2.24, 2.45) is 0 Å². The van der Waals surface area contributed by atoms with Crippen molar-refractivity contribution in [1.29, 1.82) is 0 Å². The van der Waals surface area contributed by atoms with Gasteiger partial charge < -0.3 is 15.8 Å². The van der Waals surface area contributed by atoms with Gasteiger partial charge in [0.2, 0.25) is 0 Å². The average molecular weight is 194 g/mol. The third-order valence-corrected chi connectivity index (χ3v) is 2.33. The topological polar surface area (TPSA) is 96.2 Å². The summed E-state index contributed by atoms with van der Waals surface area (Å²) in [5, 5.41) is 8.85. The molecule has 1 aliphatic carbocycles. The zero-order valence-corrected chi connectivity index (χ0v) is 7.41. The van der Waals surface area contributed by atoms with E-state index in [-0.39, 0.29) is 17.3 Å². The molecule has 5 nitrogen and oxygen atoms in total. The van der Waals surface area contributed by atoms with Crippen LogP contribution in [-0.4, -0.2) is 16.1 Å². The second-order valence-electron chi connectivity index (χ2n) is 3.46. The van der Waals surface area contributed by atoms with Gasteiger partial charge in [-0.25, -0.2) is 4.79 Å². The third kappa shape index (κ3) is 1.37. The molecule has 0 unspecified atom stereocenters. The van der Waals surface area contributed by atoms with Gasteiger partial charge in [0.1, 0.15) is 5.69 Å². The van der Waals surface area contributed by atoms with Crippen molar-refractivity contribution in [3.8, 4) is 0 Å². The monoisotopic (exact) mass is 194 g/mol. The maximum absolute atomic E-state index is 11.1. The van der Waals surface area contributed by atoms with Gasteiger partial charge in [-0.1, -0.05) is 0 Å². The summed E-state index contributed by atoms with van der Waals surface area (Å²) < 4.78 is 0.